The van der Waals surface area contributed by atoms with Crippen LogP contribution in [0.15, 0.2) is 50.2 Å². The lowest BCUT2D eigenvalue weighted by molar-refractivity contribution is 0.521. The maximum Gasteiger partial charge on any atom is 0.251 e. The summed E-state index contributed by atoms with van der Waals surface area (Å²) in [6, 6.07) is 5.99. The number of nitrogen functional groups attached to an aromatic ring is 1. The summed E-state index contributed by atoms with van der Waals surface area (Å²) in [6.45, 7) is 0. The number of nitrogens with one attached hydrogen (secondary N) is 1. The predicted octanol–water partition coefficient (Wildman–Crippen LogP) is 0.754. The molecule has 1 aromatic carbocycles. The maximum atomic E-state index is 12.2. The molecule has 0 aliphatic rings. The van der Waals surface area contributed by atoms with E-state index in [1.54, 1.807) is 12.1 Å². The lowest BCUT2D eigenvalue weighted by Gasteiger charge is -2.15. The molecular formula is C12H14N4O3S2. The summed E-state index contributed by atoms with van der Waals surface area (Å²) < 4.78 is 25.4. The molecule has 0 aliphatic carbocycles. The summed E-state index contributed by atoms with van der Waals surface area (Å²) in [4.78, 5) is 18.3. The molecule has 0 bridgehead atoms. The van der Waals surface area contributed by atoms with Gasteiger partial charge in [0.1, 0.15) is 4.90 Å². The number of hydrogen-bond donors (Lipinski definition) is 2. The summed E-state index contributed by atoms with van der Waals surface area (Å²) in [7, 11) is -0.757. The topological polar surface area (TPSA) is 109 Å². The van der Waals surface area contributed by atoms with Crippen molar-refractivity contribution in [2.24, 2.45) is 0 Å². The number of aromatic amines is 1. The number of aromatic nitrogens is 2. The molecule has 0 amide bonds. The van der Waals surface area contributed by atoms with Crippen LogP contribution in [0.3, 0.4) is 0 Å². The fraction of sp³-hybridized carbons (Fsp3) is 0.167. The fourth-order valence-electron chi connectivity index (χ4n) is 1.54. The highest BCUT2D eigenvalue weighted by atomic mass is 32.2. The molecule has 1 aromatic heterocycles. The molecule has 0 spiro atoms. The van der Waals surface area contributed by atoms with Crippen molar-refractivity contribution in [2.75, 3.05) is 19.8 Å². The standard InChI is InChI=1S/C12H14N4O3S2/c1-16(2)21(18,19)9-5-3-4-8(11(9)13)20-12-14-7-6-10(17)15-12/h3-7H,13H2,1-2H3,(H,14,15,17). The molecule has 2 rings (SSSR count). The average molecular weight is 326 g/mol. The Morgan fingerprint density at radius 1 is 1.29 bits per heavy atom. The van der Waals surface area contributed by atoms with Crippen LogP contribution in [0.5, 0.6) is 0 Å². The molecule has 0 unspecified atom stereocenters. The molecule has 9 heteroatoms. The van der Waals surface area contributed by atoms with Crippen molar-refractivity contribution in [3.8, 4) is 0 Å². The van der Waals surface area contributed by atoms with E-state index in [9.17, 15) is 13.2 Å². The van der Waals surface area contributed by atoms with E-state index in [1.165, 1.54) is 32.4 Å². The van der Waals surface area contributed by atoms with E-state index in [0.29, 0.717) is 10.1 Å². The van der Waals surface area contributed by atoms with Gasteiger partial charge in [0, 0.05) is 31.3 Å². The molecular weight excluding hydrogens is 312 g/mol. The Hall–Kier alpha value is -1.84. The second-order valence-corrected chi connectivity index (χ2v) is 7.45. The Morgan fingerprint density at radius 3 is 2.62 bits per heavy atom. The van der Waals surface area contributed by atoms with Crippen LogP contribution in [0.25, 0.3) is 0 Å². The molecule has 2 aromatic rings. The summed E-state index contributed by atoms with van der Waals surface area (Å²) in [5.74, 6) is 0. The van der Waals surface area contributed by atoms with Gasteiger partial charge in [-0.05, 0) is 23.9 Å². The van der Waals surface area contributed by atoms with Gasteiger partial charge in [-0.3, -0.25) is 4.79 Å². The Morgan fingerprint density at radius 2 is 2.00 bits per heavy atom. The lowest BCUT2D eigenvalue weighted by atomic mass is 10.3. The third-order valence-corrected chi connectivity index (χ3v) is 5.49. The van der Waals surface area contributed by atoms with Crippen LogP contribution in [0.4, 0.5) is 5.69 Å². The van der Waals surface area contributed by atoms with Gasteiger partial charge in [0.25, 0.3) is 5.56 Å². The van der Waals surface area contributed by atoms with Crippen molar-refractivity contribution in [1.29, 1.82) is 0 Å². The van der Waals surface area contributed by atoms with Gasteiger partial charge < -0.3 is 10.7 Å². The molecule has 0 fully saturated rings. The van der Waals surface area contributed by atoms with E-state index < -0.39 is 10.0 Å². The number of rotatable bonds is 4. The second-order valence-electron chi connectivity index (χ2n) is 4.30. The molecule has 21 heavy (non-hydrogen) atoms. The Kier molecular flexibility index (Phi) is 4.35. The Labute approximate surface area is 126 Å². The molecule has 0 atom stereocenters. The number of H-pyrrole nitrogens is 1. The van der Waals surface area contributed by atoms with Crippen molar-refractivity contribution in [1.82, 2.24) is 14.3 Å². The van der Waals surface area contributed by atoms with Gasteiger partial charge in [-0.2, -0.15) is 0 Å². The van der Waals surface area contributed by atoms with Crippen LogP contribution >= 0.6 is 11.8 Å². The first-order chi connectivity index (χ1) is 9.82. The summed E-state index contributed by atoms with van der Waals surface area (Å²) >= 11 is 1.10. The number of hydrogen-bond acceptors (Lipinski definition) is 6. The highest BCUT2D eigenvalue weighted by molar-refractivity contribution is 7.99. The Balaban J connectivity index is 2.46. The molecule has 0 saturated heterocycles. The van der Waals surface area contributed by atoms with Gasteiger partial charge in [0.2, 0.25) is 10.0 Å². The van der Waals surface area contributed by atoms with E-state index >= 15 is 0 Å². The highest BCUT2D eigenvalue weighted by Gasteiger charge is 2.22. The SMILES string of the molecule is CN(C)S(=O)(=O)c1cccc(Sc2nccc(=O)[nH]2)c1N. The minimum atomic E-state index is -3.63. The monoisotopic (exact) mass is 326 g/mol. The van der Waals surface area contributed by atoms with E-state index in [0.717, 1.165) is 16.1 Å². The number of anilines is 1. The molecule has 0 radical (unpaired) electrons. The minimum absolute atomic E-state index is 0.0239. The second kappa shape index (κ2) is 5.88. The third kappa shape index (κ3) is 3.26. The van der Waals surface area contributed by atoms with Gasteiger partial charge in [-0.25, -0.2) is 17.7 Å². The number of para-hydroxylation sites is 1. The highest BCUT2D eigenvalue weighted by Crippen LogP contribution is 2.33. The minimum Gasteiger partial charge on any atom is -0.397 e. The lowest BCUT2D eigenvalue weighted by Crippen LogP contribution is -2.23. The van der Waals surface area contributed by atoms with E-state index in [1.807, 2.05) is 0 Å². The van der Waals surface area contributed by atoms with Crippen LogP contribution in [-0.4, -0.2) is 36.8 Å². The van der Waals surface area contributed by atoms with Crippen LogP contribution in [0, 0.1) is 0 Å². The van der Waals surface area contributed by atoms with Crippen molar-refractivity contribution in [3.63, 3.8) is 0 Å². The summed E-state index contributed by atoms with van der Waals surface area (Å²) in [5.41, 5.74) is 5.79. The Bertz CT molecular complexity index is 815. The zero-order valence-electron chi connectivity index (χ0n) is 11.4. The van der Waals surface area contributed by atoms with Gasteiger partial charge in [0.05, 0.1) is 5.69 Å². The van der Waals surface area contributed by atoms with Gasteiger partial charge in [-0.15, -0.1) is 0 Å². The number of nitrogens with zero attached hydrogens (tertiary/aromatic N) is 2. The van der Waals surface area contributed by atoms with Gasteiger partial charge in [0.15, 0.2) is 5.16 Å². The van der Waals surface area contributed by atoms with Gasteiger partial charge >= 0.3 is 0 Å². The van der Waals surface area contributed by atoms with Crippen molar-refractivity contribution in [3.05, 3.63) is 40.8 Å². The number of benzene rings is 1. The third-order valence-electron chi connectivity index (χ3n) is 2.64. The van der Waals surface area contributed by atoms with Crippen LogP contribution in [0.2, 0.25) is 0 Å². The molecule has 3 N–H and O–H groups in total. The first kappa shape index (κ1) is 15.5. The van der Waals surface area contributed by atoms with Crippen LogP contribution in [-0.2, 0) is 10.0 Å². The zero-order chi connectivity index (χ0) is 15.6. The van der Waals surface area contributed by atoms with Crippen molar-refractivity contribution >= 4 is 27.5 Å². The molecule has 1 heterocycles. The maximum absolute atomic E-state index is 12.2. The molecule has 7 nitrogen and oxygen atoms in total. The zero-order valence-corrected chi connectivity index (χ0v) is 13.0. The van der Waals surface area contributed by atoms with Crippen LogP contribution < -0.4 is 11.3 Å². The number of sulfonamides is 1. The largest absolute Gasteiger partial charge is 0.397 e. The van der Waals surface area contributed by atoms with Crippen molar-refractivity contribution < 1.29 is 8.42 Å². The molecule has 0 aliphatic heterocycles. The quantitative estimate of drug-likeness (QED) is 0.634. The van der Waals surface area contributed by atoms with E-state index in [2.05, 4.69) is 9.97 Å². The summed E-state index contributed by atoms with van der Waals surface area (Å²) in [5, 5.41) is 0.341. The summed E-state index contributed by atoms with van der Waals surface area (Å²) in [6.07, 6.45) is 1.37. The van der Waals surface area contributed by atoms with Crippen LogP contribution in [0.1, 0.15) is 0 Å². The average Bonchev–Trinajstić information content (AvgIpc) is 2.41. The van der Waals surface area contributed by atoms with Gasteiger partial charge in [-0.1, -0.05) is 6.07 Å². The first-order valence-electron chi connectivity index (χ1n) is 5.86. The molecule has 112 valence electrons. The van der Waals surface area contributed by atoms with E-state index in [4.69, 9.17) is 5.73 Å². The number of nitrogens with two attached hydrogens (primary N) is 1. The first-order valence-corrected chi connectivity index (χ1v) is 8.12. The van der Waals surface area contributed by atoms with Crippen molar-refractivity contribution in [2.45, 2.75) is 14.9 Å². The predicted molar refractivity (Wildman–Crippen MR) is 80.7 cm³/mol. The molecule has 0 saturated carbocycles. The fourth-order valence-corrected chi connectivity index (χ4v) is 3.48. The van der Waals surface area contributed by atoms with E-state index in [-0.39, 0.29) is 16.1 Å². The normalized spacial score (nSPS) is 11.8. The smallest absolute Gasteiger partial charge is 0.251 e.